The number of nitrogens with zero attached hydrogens (tertiary/aromatic N) is 1. The van der Waals surface area contributed by atoms with Crippen molar-refractivity contribution in [3.05, 3.63) is 76.8 Å². The Hall–Kier alpha value is -1.71. The normalized spacial score (nSPS) is 18.4. The van der Waals surface area contributed by atoms with Gasteiger partial charge in [0.15, 0.2) is 5.17 Å². The summed E-state index contributed by atoms with van der Waals surface area (Å²) in [5.74, 6) is 0. The van der Waals surface area contributed by atoms with Gasteiger partial charge in [-0.25, -0.2) is 4.99 Å². The maximum absolute atomic E-state index is 6.28. The summed E-state index contributed by atoms with van der Waals surface area (Å²) in [6.45, 7) is 0. The minimum Gasteiger partial charge on any atom is -0.378 e. The zero-order valence-electron chi connectivity index (χ0n) is 10.7. The molecule has 0 aromatic heterocycles. The van der Waals surface area contributed by atoms with Gasteiger partial charge in [0.05, 0.1) is 10.9 Å². The molecule has 0 aliphatic carbocycles. The van der Waals surface area contributed by atoms with Crippen LogP contribution in [0.1, 0.15) is 16.4 Å². The fourth-order valence-electron chi connectivity index (χ4n) is 2.12. The number of thioether (sulfide) groups is 1. The average Bonchev–Trinajstić information content (AvgIpc) is 2.48. The smallest absolute Gasteiger partial charge is 0.160 e. The van der Waals surface area contributed by atoms with E-state index in [9.17, 15) is 0 Å². The van der Waals surface area contributed by atoms with E-state index in [0.29, 0.717) is 5.17 Å². The molecule has 1 aliphatic rings. The zero-order chi connectivity index (χ0) is 13.9. The molecule has 1 unspecified atom stereocenters. The molecular formula is C16H13ClN2S. The van der Waals surface area contributed by atoms with E-state index in [1.807, 2.05) is 54.6 Å². The van der Waals surface area contributed by atoms with Crippen molar-refractivity contribution in [2.24, 2.45) is 10.7 Å². The van der Waals surface area contributed by atoms with Crippen LogP contribution in [0, 0.1) is 0 Å². The molecule has 2 aromatic carbocycles. The van der Waals surface area contributed by atoms with Crippen LogP contribution in [0.5, 0.6) is 0 Å². The number of amidine groups is 1. The number of rotatable bonds is 2. The van der Waals surface area contributed by atoms with Gasteiger partial charge in [0.25, 0.3) is 0 Å². The monoisotopic (exact) mass is 300 g/mol. The molecule has 20 heavy (non-hydrogen) atoms. The fraction of sp³-hybridized carbons (Fsp3) is 0.0625. The maximum atomic E-state index is 6.28. The van der Waals surface area contributed by atoms with E-state index in [-0.39, 0.29) is 5.25 Å². The second kappa shape index (κ2) is 5.73. The van der Waals surface area contributed by atoms with E-state index < -0.39 is 0 Å². The molecule has 2 N–H and O–H groups in total. The highest BCUT2D eigenvalue weighted by atomic mass is 35.5. The summed E-state index contributed by atoms with van der Waals surface area (Å²) in [6, 6.07) is 17.9. The van der Waals surface area contributed by atoms with Gasteiger partial charge in [0, 0.05) is 5.02 Å². The van der Waals surface area contributed by atoms with Crippen LogP contribution in [0.2, 0.25) is 5.02 Å². The lowest BCUT2D eigenvalue weighted by atomic mass is 10.1. The van der Waals surface area contributed by atoms with Crippen molar-refractivity contribution in [3.63, 3.8) is 0 Å². The third-order valence-electron chi connectivity index (χ3n) is 3.07. The van der Waals surface area contributed by atoms with Crippen LogP contribution >= 0.6 is 23.4 Å². The van der Waals surface area contributed by atoms with Crippen molar-refractivity contribution in [3.8, 4) is 0 Å². The summed E-state index contributed by atoms with van der Waals surface area (Å²) in [7, 11) is 0. The molecule has 4 heteroatoms. The van der Waals surface area contributed by atoms with E-state index in [1.165, 1.54) is 11.8 Å². The summed E-state index contributed by atoms with van der Waals surface area (Å²) in [5.41, 5.74) is 8.99. The summed E-state index contributed by atoms with van der Waals surface area (Å²) in [6.07, 6.45) is 2.11. The quantitative estimate of drug-likeness (QED) is 0.888. The Kier molecular flexibility index (Phi) is 3.81. The largest absolute Gasteiger partial charge is 0.378 e. The standard InChI is InChI=1S/C16H13ClN2S/c17-13-9-5-4-8-12(13)15-10-14(19-16(18)20-15)11-6-2-1-3-7-11/h1-10,15H,(H2,18,19). The molecule has 0 radical (unpaired) electrons. The molecule has 0 fully saturated rings. The van der Waals surface area contributed by atoms with Gasteiger partial charge in [-0.05, 0) is 23.3 Å². The summed E-state index contributed by atoms with van der Waals surface area (Å²) >= 11 is 7.79. The van der Waals surface area contributed by atoms with Crippen LogP contribution in [-0.2, 0) is 0 Å². The Morgan fingerprint density at radius 1 is 1.00 bits per heavy atom. The second-order valence-electron chi connectivity index (χ2n) is 4.43. The second-order valence-corrected chi connectivity index (χ2v) is 6.00. The Bertz CT molecular complexity index is 680. The summed E-state index contributed by atoms with van der Waals surface area (Å²) in [4.78, 5) is 4.43. The first-order valence-corrected chi connectivity index (χ1v) is 7.52. The lowest BCUT2D eigenvalue weighted by Gasteiger charge is -2.19. The van der Waals surface area contributed by atoms with Crippen molar-refractivity contribution in [2.75, 3.05) is 0 Å². The Morgan fingerprint density at radius 3 is 2.45 bits per heavy atom. The first-order valence-electron chi connectivity index (χ1n) is 6.26. The van der Waals surface area contributed by atoms with Gasteiger partial charge < -0.3 is 5.73 Å². The van der Waals surface area contributed by atoms with Crippen LogP contribution in [0.25, 0.3) is 5.70 Å². The Balaban J connectivity index is 2.01. The molecule has 1 atom stereocenters. The zero-order valence-corrected chi connectivity index (χ0v) is 12.2. The highest BCUT2D eigenvalue weighted by Crippen LogP contribution is 2.40. The highest BCUT2D eigenvalue weighted by Gasteiger charge is 2.20. The predicted octanol–water partition coefficient (Wildman–Crippen LogP) is 4.48. The van der Waals surface area contributed by atoms with E-state index in [2.05, 4.69) is 11.1 Å². The van der Waals surface area contributed by atoms with Crippen molar-refractivity contribution in [1.82, 2.24) is 0 Å². The SMILES string of the molecule is NC1=NC(c2ccccc2)=CC(c2ccccc2Cl)S1. The number of halogens is 1. The first-order chi connectivity index (χ1) is 9.74. The van der Waals surface area contributed by atoms with Crippen molar-refractivity contribution >= 4 is 34.2 Å². The molecule has 3 rings (SSSR count). The Morgan fingerprint density at radius 2 is 1.70 bits per heavy atom. The molecule has 0 amide bonds. The molecule has 0 bridgehead atoms. The predicted molar refractivity (Wildman–Crippen MR) is 87.8 cm³/mol. The first kappa shape index (κ1) is 13.3. The molecule has 1 heterocycles. The number of hydrogen-bond acceptors (Lipinski definition) is 3. The molecule has 0 saturated heterocycles. The van der Waals surface area contributed by atoms with Gasteiger partial charge in [0.1, 0.15) is 0 Å². The van der Waals surface area contributed by atoms with Crippen LogP contribution in [0.3, 0.4) is 0 Å². The Labute approximate surface area is 127 Å². The lowest BCUT2D eigenvalue weighted by Crippen LogP contribution is -2.13. The minimum atomic E-state index is 0.0939. The fourth-order valence-corrected chi connectivity index (χ4v) is 3.38. The minimum absolute atomic E-state index is 0.0939. The molecule has 0 saturated carbocycles. The molecule has 2 aromatic rings. The number of hydrogen-bond donors (Lipinski definition) is 1. The lowest BCUT2D eigenvalue weighted by molar-refractivity contribution is 1.22. The summed E-state index contributed by atoms with van der Waals surface area (Å²) < 4.78 is 0. The van der Waals surface area contributed by atoms with Crippen LogP contribution in [0.4, 0.5) is 0 Å². The molecule has 100 valence electrons. The van der Waals surface area contributed by atoms with Gasteiger partial charge in [-0.15, -0.1) is 0 Å². The van der Waals surface area contributed by atoms with E-state index in [0.717, 1.165) is 21.8 Å². The van der Waals surface area contributed by atoms with Gasteiger partial charge in [-0.2, -0.15) is 0 Å². The average molecular weight is 301 g/mol. The molecule has 1 aliphatic heterocycles. The van der Waals surface area contributed by atoms with Gasteiger partial charge in [-0.3, -0.25) is 0 Å². The third kappa shape index (κ3) is 2.74. The van der Waals surface area contributed by atoms with E-state index in [1.54, 1.807) is 0 Å². The van der Waals surface area contributed by atoms with Gasteiger partial charge in [0.2, 0.25) is 0 Å². The topological polar surface area (TPSA) is 38.4 Å². The highest BCUT2D eigenvalue weighted by molar-refractivity contribution is 8.14. The number of nitrogens with two attached hydrogens (primary N) is 1. The third-order valence-corrected chi connectivity index (χ3v) is 4.39. The van der Waals surface area contributed by atoms with Gasteiger partial charge in [-0.1, -0.05) is 71.9 Å². The van der Waals surface area contributed by atoms with Crippen molar-refractivity contribution in [2.45, 2.75) is 5.25 Å². The van der Waals surface area contributed by atoms with Crippen LogP contribution in [-0.4, -0.2) is 5.17 Å². The van der Waals surface area contributed by atoms with Crippen molar-refractivity contribution < 1.29 is 0 Å². The molecular weight excluding hydrogens is 288 g/mol. The van der Waals surface area contributed by atoms with Crippen LogP contribution in [0.15, 0.2) is 65.7 Å². The van der Waals surface area contributed by atoms with Crippen molar-refractivity contribution in [1.29, 1.82) is 0 Å². The molecule has 0 spiro atoms. The maximum Gasteiger partial charge on any atom is 0.160 e. The number of aliphatic imine (C=N–C) groups is 1. The van der Waals surface area contributed by atoms with E-state index in [4.69, 9.17) is 17.3 Å². The molecule has 2 nitrogen and oxygen atoms in total. The van der Waals surface area contributed by atoms with E-state index >= 15 is 0 Å². The van der Waals surface area contributed by atoms with Gasteiger partial charge >= 0.3 is 0 Å². The van der Waals surface area contributed by atoms with Crippen LogP contribution < -0.4 is 5.73 Å². The summed E-state index contributed by atoms with van der Waals surface area (Å²) in [5, 5.41) is 1.41. The number of benzene rings is 2.